The molecule has 0 N–H and O–H groups in total. The zero-order valence-corrected chi connectivity index (χ0v) is 20.5. The van der Waals surface area contributed by atoms with Crippen LogP contribution in [0.5, 0.6) is 0 Å². The van der Waals surface area contributed by atoms with E-state index in [1.807, 2.05) is 0 Å². The van der Waals surface area contributed by atoms with Crippen molar-refractivity contribution in [3.05, 3.63) is 148 Å². The summed E-state index contributed by atoms with van der Waals surface area (Å²) < 4.78 is 0. The Morgan fingerprint density at radius 1 is 0.543 bits per heavy atom. The second-order valence-electron chi connectivity index (χ2n) is 8.44. The Morgan fingerprint density at radius 2 is 1.17 bits per heavy atom. The monoisotopic (exact) mass is 469 g/mol. The third-order valence-corrected chi connectivity index (χ3v) is 6.61. The molecule has 0 atom stereocenters. The lowest BCUT2D eigenvalue weighted by Crippen LogP contribution is -2.11. The Morgan fingerprint density at radius 3 is 1.86 bits per heavy atom. The average molecular weight is 470 g/mol. The summed E-state index contributed by atoms with van der Waals surface area (Å²) in [5.41, 5.74) is 9.53. The molecule has 35 heavy (non-hydrogen) atoms. The molecule has 0 saturated carbocycles. The van der Waals surface area contributed by atoms with E-state index in [1.165, 1.54) is 33.5 Å². The number of para-hydroxylation sites is 2. The first kappa shape index (κ1) is 22.6. The van der Waals surface area contributed by atoms with E-state index >= 15 is 0 Å². The molecule has 0 unspecified atom stereocenters. The van der Waals surface area contributed by atoms with Crippen molar-refractivity contribution in [2.24, 2.45) is 0 Å². The molecule has 4 aromatic carbocycles. The predicted molar refractivity (Wildman–Crippen MR) is 154 cm³/mol. The van der Waals surface area contributed by atoms with E-state index in [4.69, 9.17) is 0 Å². The van der Waals surface area contributed by atoms with Crippen molar-refractivity contribution in [3.63, 3.8) is 0 Å². The standard InChI is InChI=1S/C33H27NS/c1-26-8-5-6-13-33(26)34(31-11-3-2-4-12-31)32-20-18-27(19-21-32)14-15-28-9-7-10-29(24-28)16-17-30-22-23-35-25-30/h2-25H,1H3/b15-14+,17-16+. The molecular weight excluding hydrogens is 442 g/mol. The highest BCUT2D eigenvalue weighted by molar-refractivity contribution is 7.08. The van der Waals surface area contributed by atoms with E-state index in [0.29, 0.717) is 0 Å². The molecule has 0 amide bonds. The van der Waals surface area contributed by atoms with E-state index in [1.54, 1.807) is 11.3 Å². The second kappa shape index (κ2) is 10.9. The van der Waals surface area contributed by atoms with Crippen LogP contribution in [-0.4, -0.2) is 0 Å². The van der Waals surface area contributed by atoms with Gasteiger partial charge >= 0.3 is 0 Å². The van der Waals surface area contributed by atoms with Gasteiger partial charge in [0.15, 0.2) is 0 Å². The lowest BCUT2D eigenvalue weighted by atomic mass is 10.1. The first-order valence-electron chi connectivity index (χ1n) is 11.8. The number of thiophene rings is 1. The van der Waals surface area contributed by atoms with Gasteiger partial charge in [-0.15, -0.1) is 0 Å². The molecule has 0 aliphatic rings. The quantitative estimate of drug-likeness (QED) is 0.214. The number of benzene rings is 4. The van der Waals surface area contributed by atoms with Crippen molar-refractivity contribution < 1.29 is 0 Å². The van der Waals surface area contributed by atoms with Crippen LogP contribution in [-0.2, 0) is 0 Å². The van der Waals surface area contributed by atoms with Crippen molar-refractivity contribution in [3.8, 4) is 0 Å². The van der Waals surface area contributed by atoms with Gasteiger partial charge in [0.25, 0.3) is 0 Å². The van der Waals surface area contributed by atoms with E-state index in [0.717, 1.165) is 11.4 Å². The topological polar surface area (TPSA) is 3.24 Å². The first-order chi connectivity index (χ1) is 17.3. The van der Waals surface area contributed by atoms with Gasteiger partial charge < -0.3 is 4.90 Å². The Hall–Kier alpha value is -4.14. The van der Waals surface area contributed by atoms with Crippen LogP contribution in [0.15, 0.2) is 120 Å². The molecule has 0 aliphatic carbocycles. The summed E-state index contributed by atoms with van der Waals surface area (Å²) in [7, 11) is 0. The number of hydrogen-bond donors (Lipinski definition) is 0. The Balaban J connectivity index is 1.37. The molecule has 0 saturated heterocycles. The lowest BCUT2D eigenvalue weighted by Gasteiger charge is -2.27. The summed E-state index contributed by atoms with van der Waals surface area (Å²) >= 11 is 1.72. The molecule has 0 bridgehead atoms. The number of rotatable bonds is 7. The Labute approximate surface area is 212 Å². The molecule has 0 radical (unpaired) electrons. The molecule has 5 aromatic rings. The SMILES string of the molecule is Cc1ccccc1N(c1ccccc1)c1ccc(/C=C/c2cccc(/C=C/c3ccsc3)c2)cc1. The van der Waals surface area contributed by atoms with Crippen molar-refractivity contribution in [1.82, 2.24) is 0 Å². The summed E-state index contributed by atoms with van der Waals surface area (Å²) in [6, 6.07) is 38.5. The lowest BCUT2D eigenvalue weighted by molar-refractivity contribution is 1.25. The molecular formula is C33H27NS. The summed E-state index contributed by atoms with van der Waals surface area (Å²) in [5.74, 6) is 0. The molecule has 0 aliphatic heterocycles. The second-order valence-corrected chi connectivity index (χ2v) is 9.22. The highest BCUT2D eigenvalue weighted by Crippen LogP contribution is 2.36. The largest absolute Gasteiger partial charge is 0.310 e. The van der Waals surface area contributed by atoms with Crippen LogP contribution in [0.2, 0.25) is 0 Å². The fourth-order valence-electron chi connectivity index (χ4n) is 4.07. The van der Waals surface area contributed by atoms with Crippen LogP contribution in [0, 0.1) is 6.92 Å². The third-order valence-electron chi connectivity index (χ3n) is 5.91. The highest BCUT2D eigenvalue weighted by atomic mass is 32.1. The van der Waals surface area contributed by atoms with Crippen LogP contribution in [0.3, 0.4) is 0 Å². The van der Waals surface area contributed by atoms with Gasteiger partial charge in [0, 0.05) is 17.1 Å². The van der Waals surface area contributed by atoms with Crippen molar-refractivity contribution in [2.75, 3.05) is 4.90 Å². The number of aryl methyl sites for hydroxylation is 1. The van der Waals surface area contributed by atoms with Gasteiger partial charge in [0.2, 0.25) is 0 Å². The molecule has 0 fully saturated rings. The Bertz CT molecular complexity index is 1430. The molecule has 1 heterocycles. The van der Waals surface area contributed by atoms with Crippen LogP contribution < -0.4 is 4.90 Å². The van der Waals surface area contributed by atoms with Gasteiger partial charge in [-0.2, -0.15) is 11.3 Å². The average Bonchev–Trinajstić information content (AvgIpc) is 3.43. The molecule has 1 nitrogen and oxygen atoms in total. The molecule has 5 rings (SSSR count). The van der Waals surface area contributed by atoms with Crippen LogP contribution >= 0.6 is 11.3 Å². The van der Waals surface area contributed by atoms with Crippen molar-refractivity contribution in [1.29, 1.82) is 0 Å². The van der Waals surface area contributed by atoms with E-state index in [-0.39, 0.29) is 0 Å². The smallest absolute Gasteiger partial charge is 0.0490 e. The maximum atomic E-state index is 2.31. The third kappa shape index (κ3) is 5.68. The van der Waals surface area contributed by atoms with Gasteiger partial charge in [-0.05, 0) is 88.0 Å². The van der Waals surface area contributed by atoms with E-state index in [9.17, 15) is 0 Å². The fourth-order valence-corrected chi connectivity index (χ4v) is 4.70. The van der Waals surface area contributed by atoms with Crippen LogP contribution in [0.25, 0.3) is 24.3 Å². The van der Waals surface area contributed by atoms with Gasteiger partial charge in [-0.1, -0.05) is 91.0 Å². The number of anilines is 3. The van der Waals surface area contributed by atoms with Crippen LogP contribution in [0.4, 0.5) is 17.1 Å². The molecule has 2 heteroatoms. The summed E-state index contributed by atoms with van der Waals surface area (Å²) in [4.78, 5) is 2.31. The molecule has 0 spiro atoms. The normalized spacial score (nSPS) is 11.3. The maximum Gasteiger partial charge on any atom is 0.0490 e. The summed E-state index contributed by atoms with van der Waals surface area (Å²) in [5, 5.41) is 4.26. The summed E-state index contributed by atoms with van der Waals surface area (Å²) in [6.45, 7) is 2.16. The minimum Gasteiger partial charge on any atom is -0.310 e. The minimum atomic E-state index is 1.14. The highest BCUT2D eigenvalue weighted by Gasteiger charge is 2.13. The van der Waals surface area contributed by atoms with Crippen LogP contribution in [0.1, 0.15) is 27.8 Å². The number of nitrogens with zero attached hydrogens (tertiary/aromatic N) is 1. The maximum absolute atomic E-state index is 2.31. The minimum absolute atomic E-state index is 1.14. The van der Waals surface area contributed by atoms with Gasteiger partial charge in [-0.3, -0.25) is 0 Å². The molecule has 1 aromatic heterocycles. The fraction of sp³-hybridized carbons (Fsp3) is 0.0303. The van der Waals surface area contributed by atoms with Gasteiger partial charge in [0.05, 0.1) is 0 Å². The zero-order valence-electron chi connectivity index (χ0n) is 19.7. The zero-order chi connectivity index (χ0) is 23.9. The van der Waals surface area contributed by atoms with E-state index < -0.39 is 0 Å². The summed E-state index contributed by atoms with van der Waals surface area (Å²) in [6.07, 6.45) is 8.67. The number of hydrogen-bond acceptors (Lipinski definition) is 2. The van der Waals surface area contributed by atoms with Crippen molar-refractivity contribution in [2.45, 2.75) is 6.92 Å². The Kier molecular flexibility index (Phi) is 7.02. The first-order valence-corrected chi connectivity index (χ1v) is 12.7. The van der Waals surface area contributed by atoms with E-state index in [2.05, 4.69) is 156 Å². The van der Waals surface area contributed by atoms with Gasteiger partial charge in [0.1, 0.15) is 0 Å². The molecule has 170 valence electrons. The van der Waals surface area contributed by atoms with Gasteiger partial charge in [-0.25, -0.2) is 0 Å². The van der Waals surface area contributed by atoms with Crippen molar-refractivity contribution >= 4 is 52.7 Å². The predicted octanol–water partition coefficient (Wildman–Crippen LogP) is 9.87.